The number of benzene rings is 1. The number of aromatic nitrogens is 1. The van der Waals surface area contributed by atoms with Gasteiger partial charge >= 0.3 is 0 Å². The van der Waals surface area contributed by atoms with Crippen LogP contribution in [0.1, 0.15) is 33.3 Å². The molecule has 1 aliphatic heterocycles. The molecule has 2 N–H and O–H groups in total. The van der Waals surface area contributed by atoms with Crippen molar-refractivity contribution in [2.75, 3.05) is 5.32 Å². The van der Waals surface area contributed by atoms with E-state index in [-0.39, 0.29) is 5.41 Å². The highest BCUT2D eigenvalue weighted by Crippen LogP contribution is 2.21. The Bertz CT molecular complexity index is 952. The van der Waals surface area contributed by atoms with E-state index in [1.54, 1.807) is 6.20 Å². The second-order valence-electron chi connectivity index (χ2n) is 7.46. The molecule has 2 heterocycles. The van der Waals surface area contributed by atoms with Gasteiger partial charge in [-0.1, -0.05) is 51.1 Å². The Balaban J connectivity index is 2.34. The molecule has 3 nitrogen and oxygen atoms in total. The number of fused-ring (bicyclic) bond motifs is 2. The third-order valence-electron chi connectivity index (χ3n) is 4.66. The summed E-state index contributed by atoms with van der Waals surface area (Å²) in [6.07, 6.45) is 1.81. The molecule has 1 aliphatic rings. The fourth-order valence-corrected chi connectivity index (χ4v) is 2.74. The molecule has 23 heavy (non-hydrogen) atoms. The van der Waals surface area contributed by atoms with Crippen molar-refractivity contribution in [2.45, 2.75) is 40.7 Å². The molecular weight excluding hydrogens is 282 g/mol. The van der Waals surface area contributed by atoms with Gasteiger partial charge in [0.25, 0.3) is 0 Å². The molecule has 1 unspecified atom stereocenters. The largest absolute Gasteiger partial charge is 0.368 e. The number of rotatable bonds is 2. The fraction of sp³-hybridized carbons (Fsp3) is 0.350. The molecule has 1 aromatic carbocycles. The highest BCUT2D eigenvalue weighted by atomic mass is 15.1. The summed E-state index contributed by atoms with van der Waals surface area (Å²) in [6.45, 7) is 15.2. The Kier molecular flexibility index (Phi) is 3.67. The van der Waals surface area contributed by atoms with Crippen LogP contribution in [0.3, 0.4) is 0 Å². The minimum atomic E-state index is 0.176. The van der Waals surface area contributed by atoms with E-state index in [1.165, 1.54) is 16.0 Å². The summed E-state index contributed by atoms with van der Waals surface area (Å²) in [6, 6.07) is 8.88. The first-order chi connectivity index (χ1) is 10.8. The molecule has 0 radical (unpaired) electrons. The zero-order valence-electron chi connectivity index (χ0n) is 14.6. The minimum Gasteiger partial charge on any atom is -0.368 e. The third-order valence-corrected chi connectivity index (χ3v) is 4.66. The molecule has 0 saturated heterocycles. The fourth-order valence-electron chi connectivity index (χ4n) is 2.74. The first-order valence-corrected chi connectivity index (χ1v) is 8.10. The molecule has 0 amide bonds. The lowest BCUT2D eigenvalue weighted by molar-refractivity contribution is 0.312. The van der Waals surface area contributed by atoms with Gasteiger partial charge in [0.1, 0.15) is 5.82 Å². The molecule has 3 rings (SSSR count). The molecule has 1 atom stereocenters. The predicted molar refractivity (Wildman–Crippen MR) is 96.9 cm³/mol. The van der Waals surface area contributed by atoms with Gasteiger partial charge in [-0.2, -0.15) is 0 Å². The number of aryl methyl sites for hydroxylation is 1. The lowest BCUT2D eigenvalue weighted by atomic mass is 9.88. The second kappa shape index (κ2) is 5.41. The van der Waals surface area contributed by atoms with Gasteiger partial charge in [0.05, 0.1) is 11.0 Å². The summed E-state index contributed by atoms with van der Waals surface area (Å²) in [5.74, 6) is 1.06. The Labute approximate surface area is 137 Å². The molecule has 0 aliphatic carbocycles. The smallest absolute Gasteiger partial charge is 0.111 e. The maximum Gasteiger partial charge on any atom is 0.111 e. The number of anilines is 1. The van der Waals surface area contributed by atoms with E-state index in [0.29, 0.717) is 6.04 Å². The predicted octanol–water partition coefficient (Wildman–Crippen LogP) is 2.60. The number of pyridine rings is 1. The van der Waals surface area contributed by atoms with Gasteiger partial charge in [0.2, 0.25) is 0 Å². The zero-order valence-corrected chi connectivity index (χ0v) is 14.6. The van der Waals surface area contributed by atoms with Crippen molar-refractivity contribution in [2.24, 2.45) is 5.41 Å². The van der Waals surface area contributed by atoms with Crippen LogP contribution in [0, 0.1) is 22.8 Å². The Hall–Kier alpha value is -2.29. The SMILES string of the molecule is C=c1nccc2c1=c1cc(C)ccc1=C(NC(C)C(C)(C)C)N2. The van der Waals surface area contributed by atoms with Crippen LogP contribution >= 0.6 is 0 Å². The van der Waals surface area contributed by atoms with Crippen molar-refractivity contribution in [3.05, 3.63) is 57.0 Å². The van der Waals surface area contributed by atoms with Crippen LogP contribution in [0.25, 0.3) is 12.4 Å². The van der Waals surface area contributed by atoms with Crippen LogP contribution in [-0.2, 0) is 0 Å². The first kappa shape index (κ1) is 15.6. The van der Waals surface area contributed by atoms with Gasteiger partial charge in [-0.25, -0.2) is 0 Å². The molecule has 1 aromatic heterocycles. The zero-order chi connectivity index (χ0) is 16.8. The van der Waals surface area contributed by atoms with Gasteiger partial charge in [-0.15, -0.1) is 0 Å². The Morgan fingerprint density at radius 1 is 1.17 bits per heavy atom. The van der Waals surface area contributed by atoms with Gasteiger partial charge in [0, 0.05) is 22.7 Å². The molecule has 2 aromatic rings. The van der Waals surface area contributed by atoms with Crippen LogP contribution < -0.4 is 21.2 Å². The molecule has 0 saturated carbocycles. The lowest BCUT2D eigenvalue weighted by Crippen LogP contribution is -2.42. The van der Waals surface area contributed by atoms with Crippen molar-refractivity contribution >= 4 is 18.1 Å². The standard InChI is InChI=1S/C20H25N3/c1-12-7-8-15-16(11-12)18-13(2)21-10-9-17(18)23-19(15)22-14(3)20(4,5)6/h7-11,14,22-23H,2H2,1,3-6H3. The summed E-state index contributed by atoms with van der Waals surface area (Å²) >= 11 is 0. The number of hydrogen-bond acceptors (Lipinski definition) is 3. The summed E-state index contributed by atoms with van der Waals surface area (Å²) in [4.78, 5) is 4.37. The minimum absolute atomic E-state index is 0.176. The molecule has 0 spiro atoms. The molecular formula is C20H25N3. The topological polar surface area (TPSA) is 37.0 Å². The van der Waals surface area contributed by atoms with Crippen LogP contribution in [0.15, 0.2) is 30.5 Å². The van der Waals surface area contributed by atoms with Crippen molar-refractivity contribution < 1.29 is 0 Å². The van der Waals surface area contributed by atoms with Gasteiger partial charge in [0.15, 0.2) is 0 Å². The molecule has 0 bridgehead atoms. The van der Waals surface area contributed by atoms with Gasteiger partial charge < -0.3 is 10.6 Å². The molecule has 120 valence electrons. The van der Waals surface area contributed by atoms with Crippen molar-refractivity contribution in [3.8, 4) is 0 Å². The van der Waals surface area contributed by atoms with E-state index in [1.807, 2.05) is 6.07 Å². The van der Waals surface area contributed by atoms with Crippen LogP contribution in [0.4, 0.5) is 5.69 Å². The van der Waals surface area contributed by atoms with E-state index >= 15 is 0 Å². The van der Waals surface area contributed by atoms with E-state index in [0.717, 1.165) is 22.1 Å². The molecule has 3 heteroatoms. The lowest BCUT2D eigenvalue weighted by Gasteiger charge is -2.31. The Morgan fingerprint density at radius 3 is 2.61 bits per heavy atom. The normalized spacial score (nSPS) is 14.6. The third kappa shape index (κ3) is 2.83. The van der Waals surface area contributed by atoms with Crippen LogP contribution in [-0.4, -0.2) is 11.0 Å². The van der Waals surface area contributed by atoms with E-state index in [4.69, 9.17) is 0 Å². The highest BCUT2D eigenvalue weighted by molar-refractivity contribution is 5.67. The van der Waals surface area contributed by atoms with Crippen LogP contribution in [0.2, 0.25) is 0 Å². The second-order valence-corrected chi connectivity index (χ2v) is 7.46. The maximum absolute atomic E-state index is 4.37. The average molecular weight is 307 g/mol. The summed E-state index contributed by atoms with van der Waals surface area (Å²) in [5, 5.41) is 11.5. The summed E-state index contributed by atoms with van der Waals surface area (Å²) < 4.78 is 0. The van der Waals surface area contributed by atoms with Crippen molar-refractivity contribution in [1.82, 2.24) is 10.3 Å². The quantitative estimate of drug-likeness (QED) is 0.895. The van der Waals surface area contributed by atoms with E-state index in [9.17, 15) is 0 Å². The maximum atomic E-state index is 4.37. The highest BCUT2D eigenvalue weighted by Gasteiger charge is 2.21. The number of hydrogen-bond donors (Lipinski definition) is 2. The van der Waals surface area contributed by atoms with E-state index in [2.05, 4.69) is 75.0 Å². The van der Waals surface area contributed by atoms with E-state index < -0.39 is 0 Å². The van der Waals surface area contributed by atoms with Crippen molar-refractivity contribution in [3.63, 3.8) is 0 Å². The van der Waals surface area contributed by atoms with Gasteiger partial charge in [-0.3, -0.25) is 4.98 Å². The Morgan fingerprint density at radius 2 is 1.91 bits per heavy atom. The monoisotopic (exact) mass is 307 g/mol. The molecule has 0 fully saturated rings. The van der Waals surface area contributed by atoms with Gasteiger partial charge in [-0.05, 0) is 30.5 Å². The summed E-state index contributed by atoms with van der Waals surface area (Å²) in [7, 11) is 0. The average Bonchev–Trinajstić information content (AvgIpc) is 2.45. The van der Waals surface area contributed by atoms with Crippen molar-refractivity contribution in [1.29, 1.82) is 0 Å². The first-order valence-electron chi connectivity index (χ1n) is 8.10. The number of nitrogens with zero attached hydrogens (tertiary/aromatic N) is 1. The summed E-state index contributed by atoms with van der Waals surface area (Å²) in [5.41, 5.74) is 2.48. The number of nitrogens with one attached hydrogen (secondary N) is 2. The van der Waals surface area contributed by atoms with Crippen LogP contribution in [0.5, 0.6) is 0 Å².